The highest BCUT2D eigenvalue weighted by Crippen LogP contribution is 2.31. The van der Waals surface area contributed by atoms with Gasteiger partial charge in [-0.2, -0.15) is 0 Å². The molecule has 0 aliphatic carbocycles. The van der Waals surface area contributed by atoms with E-state index in [9.17, 15) is 14.0 Å². The number of rotatable bonds is 4. The van der Waals surface area contributed by atoms with Crippen LogP contribution in [0.3, 0.4) is 0 Å². The fourth-order valence-electron chi connectivity index (χ4n) is 2.84. The Labute approximate surface area is 160 Å². The summed E-state index contributed by atoms with van der Waals surface area (Å²) in [6.07, 6.45) is 0. The predicted octanol–water partition coefficient (Wildman–Crippen LogP) is 4.15. The van der Waals surface area contributed by atoms with Crippen LogP contribution in [0.4, 0.5) is 27.1 Å². The minimum absolute atomic E-state index is 0.0267. The maximum Gasteiger partial charge on any atom is 0.262 e. The molecule has 1 heterocycles. The van der Waals surface area contributed by atoms with Crippen molar-refractivity contribution in [3.05, 3.63) is 78.1 Å². The van der Waals surface area contributed by atoms with Crippen molar-refractivity contribution in [2.24, 2.45) is 0 Å². The molecule has 0 saturated carbocycles. The number of amides is 2. The molecule has 4 rings (SSSR count). The van der Waals surface area contributed by atoms with Crippen LogP contribution < -0.4 is 20.7 Å². The molecular formula is C21H16FN3O3. The topological polar surface area (TPSA) is 79.5 Å². The summed E-state index contributed by atoms with van der Waals surface area (Å²) in [6, 6.07) is 17.9. The number of ether oxygens (including phenoxy) is 1. The average molecular weight is 377 g/mol. The normalized spacial score (nSPS) is 12.4. The first-order valence-corrected chi connectivity index (χ1v) is 8.58. The number of halogens is 1. The second-order valence-corrected chi connectivity index (χ2v) is 6.18. The largest absolute Gasteiger partial charge is 0.482 e. The first-order chi connectivity index (χ1) is 13.6. The Morgan fingerprint density at radius 1 is 1.00 bits per heavy atom. The lowest BCUT2D eigenvalue weighted by atomic mass is 10.1. The molecule has 0 spiro atoms. The third-order valence-corrected chi connectivity index (χ3v) is 4.17. The summed E-state index contributed by atoms with van der Waals surface area (Å²) in [5.41, 5.74) is 2.69. The van der Waals surface area contributed by atoms with Gasteiger partial charge in [0.05, 0.1) is 16.9 Å². The number of para-hydroxylation sites is 1. The number of nitrogens with one attached hydrogen (secondary N) is 3. The Morgan fingerprint density at radius 2 is 1.75 bits per heavy atom. The molecule has 0 atom stereocenters. The van der Waals surface area contributed by atoms with Gasteiger partial charge in [-0.25, -0.2) is 4.39 Å². The van der Waals surface area contributed by atoms with E-state index in [1.165, 1.54) is 12.1 Å². The molecule has 0 unspecified atom stereocenters. The van der Waals surface area contributed by atoms with E-state index in [0.29, 0.717) is 34.1 Å². The number of hydrogen-bond donors (Lipinski definition) is 3. The number of fused-ring (bicyclic) bond motifs is 1. The Bertz CT molecular complexity index is 1050. The lowest BCUT2D eigenvalue weighted by Crippen LogP contribution is -2.25. The van der Waals surface area contributed by atoms with E-state index in [1.807, 2.05) is 0 Å². The SMILES string of the molecule is O=C1COc2ccc(NC(=O)c3ccccc3Nc3ccc(F)cc3)cc2N1. The number of benzene rings is 3. The van der Waals surface area contributed by atoms with Crippen LogP contribution in [0, 0.1) is 5.82 Å². The Morgan fingerprint density at radius 3 is 2.57 bits per heavy atom. The van der Waals surface area contributed by atoms with Crippen molar-refractivity contribution in [1.82, 2.24) is 0 Å². The number of hydrogen-bond acceptors (Lipinski definition) is 4. The Balaban J connectivity index is 1.55. The van der Waals surface area contributed by atoms with E-state index in [1.54, 1.807) is 54.6 Å². The zero-order valence-electron chi connectivity index (χ0n) is 14.7. The van der Waals surface area contributed by atoms with Crippen LogP contribution in [0.1, 0.15) is 10.4 Å². The van der Waals surface area contributed by atoms with E-state index >= 15 is 0 Å². The molecule has 0 radical (unpaired) electrons. The molecule has 28 heavy (non-hydrogen) atoms. The van der Waals surface area contributed by atoms with Gasteiger partial charge in [-0.1, -0.05) is 12.1 Å². The molecule has 6 nitrogen and oxygen atoms in total. The predicted molar refractivity (Wildman–Crippen MR) is 105 cm³/mol. The highest BCUT2D eigenvalue weighted by Gasteiger charge is 2.17. The van der Waals surface area contributed by atoms with Crippen molar-refractivity contribution < 1.29 is 18.7 Å². The fraction of sp³-hybridized carbons (Fsp3) is 0.0476. The lowest BCUT2D eigenvalue weighted by molar-refractivity contribution is -0.118. The molecule has 1 aliphatic rings. The molecule has 0 saturated heterocycles. The van der Waals surface area contributed by atoms with E-state index in [0.717, 1.165) is 0 Å². The Hall–Kier alpha value is -3.87. The third kappa shape index (κ3) is 3.78. The van der Waals surface area contributed by atoms with Crippen molar-refractivity contribution >= 4 is 34.6 Å². The zero-order valence-corrected chi connectivity index (χ0v) is 14.7. The molecular weight excluding hydrogens is 361 g/mol. The second-order valence-electron chi connectivity index (χ2n) is 6.18. The van der Waals surface area contributed by atoms with Gasteiger partial charge in [-0.05, 0) is 54.6 Å². The molecule has 1 aliphatic heterocycles. The smallest absolute Gasteiger partial charge is 0.262 e. The van der Waals surface area contributed by atoms with Gasteiger partial charge in [-0.15, -0.1) is 0 Å². The standard InChI is InChI=1S/C21H16FN3O3/c22-13-5-7-14(8-6-13)23-17-4-2-1-3-16(17)21(27)24-15-9-10-19-18(11-15)25-20(26)12-28-19/h1-11,23H,12H2,(H,24,27)(H,25,26). The van der Waals surface area contributed by atoms with Gasteiger partial charge in [-0.3, -0.25) is 9.59 Å². The minimum Gasteiger partial charge on any atom is -0.482 e. The second kappa shape index (κ2) is 7.40. The van der Waals surface area contributed by atoms with Crippen molar-refractivity contribution in [2.45, 2.75) is 0 Å². The molecule has 3 N–H and O–H groups in total. The van der Waals surface area contributed by atoms with Crippen LogP contribution in [-0.2, 0) is 4.79 Å². The fourth-order valence-corrected chi connectivity index (χ4v) is 2.84. The van der Waals surface area contributed by atoms with Gasteiger partial charge < -0.3 is 20.7 Å². The van der Waals surface area contributed by atoms with E-state index < -0.39 is 0 Å². The van der Waals surface area contributed by atoms with Gasteiger partial charge in [0.1, 0.15) is 11.6 Å². The first-order valence-electron chi connectivity index (χ1n) is 8.58. The van der Waals surface area contributed by atoms with E-state index in [2.05, 4.69) is 16.0 Å². The van der Waals surface area contributed by atoms with Gasteiger partial charge in [0.15, 0.2) is 6.61 Å². The summed E-state index contributed by atoms with van der Waals surface area (Å²) in [6.45, 7) is -0.0267. The maximum absolute atomic E-state index is 13.1. The van der Waals surface area contributed by atoms with Gasteiger partial charge in [0.25, 0.3) is 11.8 Å². The van der Waals surface area contributed by atoms with Crippen molar-refractivity contribution in [1.29, 1.82) is 0 Å². The van der Waals surface area contributed by atoms with Crippen LogP contribution in [0.2, 0.25) is 0 Å². The number of anilines is 4. The van der Waals surface area contributed by atoms with Crippen LogP contribution in [0.25, 0.3) is 0 Å². The van der Waals surface area contributed by atoms with Gasteiger partial charge in [0, 0.05) is 11.4 Å². The highest BCUT2D eigenvalue weighted by atomic mass is 19.1. The molecule has 3 aromatic carbocycles. The summed E-state index contributed by atoms with van der Waals surface area (Å²) in [4.78, 5) is 24.2. The number of carbonyl (C=O) groups is 2. The van der Waals surface area contributed by atoms with E-state index in [-0.39, 0.29) is 24.2 Å². The van der Waals surface area contributed by atoms with Crippen molar-refractivity contribution in [3.63, 3.8) is 0 Å². The summed E-state index contributed by atoms with van der Waals surface area (Å²) in [5, 5.41) is 8.63. The number of carbonyl (C=O) groups excluding carboxylic acids is 2. The summed E-state index contributed by atoms with van der Waals surface area (Å²) < 4.78 is 18.4. The van der Waals surface area contributed by atoms with Crippen molar-refractivity contribution in [2.75, 3.05) is 22.6 Å². The Kier molecular flexibility index (Phi) is 4.63. The van der Waals surface area contributed by atoms with Gasteiger partial charge in [0.2, 0.25) is 0 Å². The molecule has 3 aromatic rings. The van der Waals surface area contributed by atoms with Crippen LogP contribution in [0.5, 0.6) is 5.75 Å². The average Bonchev–Trinajstić information content (AvgIpc) is 2.70. The molecule has 140 valence electrons. The summed E-state index contributed by atoms with van der Waals surface area (Å²) in [5.74, 6) is -0.353. The monoisotopic (exact) mass is 377 g/mol. The van der Waals surface area contributed by atoms with Crippen molar-refractivity contribution in [3.8, 4) is 5.75 Å². The summed E-state index contributed by atoms with van der Waals surface area (Å²) in [7, 11) is 0. The molecule has 0 aromatic heterocycles. The molecule has 2 amide bonds. The quantitative estimate of drug-likeness (QED) is 0.638. The maximum atomic E-state index is 13.1. The first kappa shape index (κ1) is 17.5. The van der Waals surface area contributed by atoms with E-state index in [4.69, 9.17) is 4.74 Å². The summed E-state index contributed by atoms with van der Waals surface area (Å²) >= 11 is 0. The lowest BCUT2D eigenvalue weighted by Gasteiger charge is -2.19. The highest BCUT2D eigenvalue weighted by molar-refractivity contribution is 6.09. The molecule has 7 heteroatoms. The molecule has 0 fully saturated rings. The minimum atomic E-state index is -0.333. The van der Waals surface area contributed by atoms with Crippen LogP contribution in [0.15, 0.2) is 66.7 Å². The third-order valence-electron chi connectivity index (χ3n) is 4.17. The zero-order chi connectivity index (χ0) is 19.5. The van der Waals surface area contributed by atoms with Gasteiger partial charge >= 0.3 is 0 Å². The van der Waals surface area contributed by atoms with Crippen LogP contribution in [-0.4, -0.2) is 18.4 Å². The van der Waals surface area contributed by atoms with Crippen LogP contribution >= 0.6 is 0 Å². The molecule has 0 bridgehead atoms.